The van der Waals surface area contributed by atoms with Crippen LogP contribution in [0.1, 0.15) is 70.3 Å². The van der Waals surface area contributed by atoms with Crippen LogP contribution in [0.5, 0.6) is 0 Å². The molecule has 1 aliphatic heterocycles. The minimum atomic E-state index is -1.65. The standard InChI is InChI=1S/C22H38O2Si/c1-6-7-8-9-10-14-17-20-22(24-20,25(3,4)5)21(23)18(2)19-15-12-11-13-16-19/h11-13,15-16,18,20-21,23H,6-10,14,17H2,1-5H3/t18?,20-,21?,22-/m0/s1. The average molecular weight is 363 g/mol. The molecule has 142 valence electrons. The van der Waals surface area contributed by atoms with Crippen molar-refractivity contribution in [2.45, 2.75) is 102 Å². The van der Waals surface area contributed by atoms with Gasteiger partial charge in [0.05, 0.1) is 20.3 Å². The summed E-state index contributed by atoms with van der Waals surface area (Å²) >= 11 is 0. The summed E-state index contributed by atoms with van der Waals surface area (Å²) in [6.07, 6.45) is 8.82. The van der Waals surface area contributed by atoms with Gasteiger partial charge in [-0.2, -0.15) is 0 Å². The van der Waals surface area contributed by atoms with Crippen molar-refractivity contribution in [2.24, 2.45) is 0 Å². The maximum Gasteiger partial charge on any atom is 0.110 e. The van der Waals surface area contributed by atoms with Crippen LogP contribution >= 0.6 is 0 Å². The number of epoxide rings is 1. The highest BCUT2D eigenvalue weighted by Gasteiger charge is 2.68. The zero-order valence-corrected chi connectivity index (χ0v) is 17.9. The molecule has 2 unspecified atom stereocenters. The van der Waals surface area contributed by atoms with Crippen molar-refractivity contribution < 1.29 is 9.84 Å². The van der Waals surface area contributed by atoms with Crippen molar-refractivity contribution in [3.05, 3.63) is 35.9 Å². The van der Waals surface area contributed by atoms with Crippen molar-refractivity contribution in [3.8, 4) is 0 Å². The maximum absolute atomic E-state index is 11.2. The molecule has 0 spiro atoms. The summed E-state index contributed by atoms with van der Waals surface area (Å²) in [4.78, 5) is 0. The van der Waals surface area contributed by atoms with Gasteiger partial charge in [0.15, 0.2) is 0 Å². The van der Waals surface area contributed by atoms with E-state index in [-0.39, 0.29) is 17.2 Å². The van der Waals surface area contributed by atoms with Gasteiger partial charge in [-0.15, -0.1) is 0 Å². The molecule has 1 saturated heterocycles. The van der Waals surface area contributed by atoms with E-state index >= 15 is 0 Å². The second-order valence-electron chi connectivity index (χ2n) is 8.85. The molecule has 0 amide bonds. The van der Waals surface area contributed by atoms with Crippen LogP contribution < -0.4 is 0 Å². The Labute approximate surface area is 156 Å². The summed E-state index contributed by atoms with van der Waals surface area (Å²) in [6.45, 7) is 11.4. The molecule has 0 radical (unpaired) electrons. The van der Waals surface area contributed by atoms with Crippen LogP contribution in [-0.4, -0.2) is 30.6 Å². The Morgan fingerprint density at radius 2 is 1.64 bits per heavy atom. The van der Waals surface area contributed by atoms with E-state index in [1.54, 1.807) is 0 Å². The third-order valence-corrected chi connectivity index (χ3v) is 9.07. The summed E-state index contributed by atoms with van der Waals surface area (Å²) in [5, 5.41) is 11.0. The maximum atomic E-state index is 11.2. The van der Waals surface area contributed by atoms with Crippen molar-refractivity contribution in [3.63, 3.8) is 0 Å². The highest BCUT2D eigenvalue weighted by atomic mass is 28.3. The first kappa shape index (κ1) is 20.7. The molecule has 25 heavy (non-hydrogen) atoms. The van der Waals surface area contributed by atoms with Crippen LogP contribution in [0.2, 0.25) is 19.6 Å². The molecule has 1 fully saturated rings. The fourth-order valence-electron chi connectivity index (χ4n) is 4.26. The van der Waals surface area contributed by atoms with E-state index in [0.29, 0.717) is 0 Å². The van der Waals surface area contributed by atoms with Crippen LogP contribution in [0, 0.1) is 0 Å². The smallest absolute Gasteiger partial charge is 0.110 e. The van der Waals surface area contributed by atoms with Crippen molar-refractivity contribution in [1.29, 1.82) is 0 Å². The van der Waals surface area contributed by atoms with Gasteiger partial charge in [0.2, 0.25) is 0 Å². The molecule has 1 aliphatic rings. The number of aliphatic hydroxyl groups is 1. The molecule has 0 saturated carbocycles. The monoisotopic (exact) mass is 362 g/mol. The Balaban J connectivity index is 1.96. The van der Waals surface area contributed by atoms with Gasteiger partial charge in [-0.05, 0) is 12.0 Å². The second kappa shape index (κ2) is 8.83. The van der Waals surface area contributed by atoms with E-state index in [0.717, 1.165) is 6.42 Å². The summed E-state index contributed by atoms with van der Waals surface area (Å²) in [5.74, 6) is 0.113. The van der Waals surface area contributed by atoms with Crippen LogP contribution in [0.3, 0.4) is 0 Å². The fraction of sp³-hybridized carbons (Fsp3) is 0.727. The Morgan fingerprint density at radius 3 is 2.24 bits per heavy atom. The lowest BCUT2D eigenvalue weighted by atomic mass is 9.91. The molecule has 2 nitrogen and oxygen atoms in total. The lowest BCUT2D eigenvalue weighted by Crippen LogP contribution is -2.54. The van der Waals surface area contributed by atoms with Crippen LogP contribution in [0.4, 0.5) is 0 Å². The molecule has 2 rings (SSSR count). The summed E-state index contributed by atoms with van der Waals surface area (Å²) < 4.78 is 6.31. The van der Waals surface area contributed by atoms with Crippen LogP contribution in [-0.2, 0) is 4.74 Å². The van der Waals surface area contributed by atoms with Crippen LogP contribution in [0.15, 0.2) is 30.3 Å². The Morgan fingerprint density at radius 1 is 1.04 bits per heavy atom. The number of unbranched alkanes of at least 4 members (excludes halogenated alkanes) is 5. The van der Waals surface area contributed by atoms with Gasteiger partial charge in [-0.25, -0.2) is 0 Å². The van der Waals surface area contributed by atoms with E-state index < -0.39 is 14.2 Å². The molecule has 4 atom stereocenters. The van der Waals surface area contributed by atoms with Gasteiger partial charge in [0.25, 0.3) is 0 Å². The highest BCUT2D eigenvalue weighted by Crippen LogP contribution is 2.52. The Bertz CT molecular complexity index is 511. The van der Waals surface area contributed by atoms with Crippen molar-refractivity contribution in [1.82, 2.24) is 0 Å². The van der Waals surface area contributed by atoms with E-state index in [4.69, 9.17) is 4.74 Å². The van der Waals surface area contributed by atoms with E-state index in [1.807, 2.05) is 6.07 Å². The Hall–Kier alpha value is -0.643. The molecule has 0 aromatic heterocycles. The van der Waals surface area contributed by atoms with Crippen molar-refractivity contribution in [2.75, 3.05) is 0 Å². The fourth-order valence-corrected chi connectivity index (χ4v) is 7.00. The first-order valence-electron chi connectivity index (χ1n) is 10.3. The lowest BCUT2D eigenvalue weighted by Gasteiger charge is -2.34. The van der Waals surface area contributed by atoms with E-state index in [9.17, 15) is 5.11 Å². The number of hydrogen-bond donors (Lipinski definition) is 1. The third kappa shape index (κ3) is 4.75. The molecule has 1 N–H and O–H groups in total. The van der Waals surface area contributed by atoms with Gasteiger partial charge >= 0.3 is 0 Å². The molecule has 3 heteroatoms. The second-order valence-corrected chi connectivity index (χ2v) is 14.1. The molecule has 0 aliphatic carbocycles. The first-order chi connectivity index (χ1) is 11.8. The minimum Gasteiger partial charge on any atom is -0.390 e. The summed E-state index contributed by atoms with van der Waals surface area (Å²) in [6, 6.07) is 10.4. The van der Waals surface area contributed by atoms with E-state index in [1.165, 1.54) is 44.1 Å². The van der Waals surface area contributed by atoms with Gasteiger partial charge in [-0.1, -0.05) is 102 Å². The van der Waals surface area contributed by atoms with Gasteiger partial charge < -0.3 is 9.84 Å². The number of benzene rings is 1. The molecule has 0 bridgehead atoms. The normalized spacial score (nSPS) is 25.6. The van der Waals surface area contributed by atoms with Gasteiger partial charge in [-0.3, -0.25) is 0 Å². The average Bonchev–Trinajstić information content (AvgIpc) is 3.33. The first-order valence-corrected chi connectivity index (χ1v) is 13.8. The van der Waals surface area contributed by atoms with Gasteiger partial charge in [0, 0.05) is 5.92 Å². The summed E-state index contributed by atoms with van der Waals surface area (Å²) in [5.41, 5.74) is 1.21. The molecular weight excluding hydrogens is 324 g/mol. The lowest BCUT2D eigenvalue weighted by molar-refractivity contribution is 0.0900. The molecule has 1 aromatic rings. The van der Waals surface area contributed by atoms with Crippen LogP contribution in [0.25, 0.3) is 0 Å². The van der Waals surface area contributed by atoms with Gasteiger partial charge in [0.1, 0.15) is 5.22 Å². The number of hydrogen-bond acceptors (Lipinski definition) is 2. The summed E-state index contributed by atoms with van der Waals surface area (Å²) in [7, 11) is -1.65. The number of aliphatic hydroxyl groups excluding tert-OH is 1. The number of ether oxygens (including phenoxy) is 1. The molecule has 1 heterocycles. The Kier molecular flexibility index (Phi) is 7.30. The molecule has 1 aromatic carbocycles. The molecular formula is C22H38O2Si. The predicted molar refractivity (Wildman–Crippen MR) is 110 cm³/mol. The zero-order chi connectivity index (χ0) is 18.5. The quantitative estimate of drug-likeness (QED) is 0.301. The highest BCUT2D eigenvalue weighted by molar-refractivity contribution is 6.80. The number of rotatable bonds is 11. The van der Waals surface area contributed by atoms with Crippen molar-refractivity contribution >= 4 is 8.07 Å². The largest absolute Gasteiger partial charge is 0.390 e. The minimum absolute atomic E-state index is 0.113. The SMILES string of the molecule is CCCCCCCC[C@@H]1O[C@]1(C(O)C(C)c1ccccc1)[Si](C)(C)C. The third-order valence-electron chi connectivity index (χ3n) is 5.99. The van der Waals surface area contributed by atoms with E-state index in [2.05, 4.69) is 57.8 Å². The topological polar surface area (TPSA) is 32.8 Å². The zero-order valence-electron chi connectivity index (χ0n) is 16.9. The predicted octanol–water partition coefficient (Wildman–Crippen LogP) is 5.92.